The van der Waals surface area contributed by atoms with E-state index in [1.54, 1.807) is 11.3 Å². The van der Waals surface area contributed by atoms with E-state index in [9.17, 15) is 4.79 Å². The van der Waals surface area contributed by atoms with Gasteiger partial charge in [0.15, 0.2) is 0 Å². The van der Waals surface area contributed by atoms with Crippen LogP contribution in [0, 0.1) is 0 Å². The summed E-state index contributed by atoms with van der Waals surface area (Å²) in [5, 5.41) is 7.53. The fraction of sp³-hybridized carbons (Fsp3) is 0.500. The minimum Gasteiger partial charge on any atom is -0.374 e. The van der Waals surface area contributed by atoms with Crippen molar-refractivity contribution in [3.05, 3.63) is 46.4 Å². The number of nitrogens with zero attached hydrogens (tertiary/aromatic N) is 2. The first-order chi connectivity index (χ1) is 11.7. The minimum absolute atomic E-state index is 0.0159. The van der Waals surface area contributed by atoms with E-state index >= 15 is 0 Å². The van der Waals surface area contributed by atoms with Crippen molar-refractivity contribution >= 4 is 17.2 Å². The van der Waals surface area contributed by atoms with Crippen LogP contribution < -0.4 is 5.32 Å². The molecule has 2 saturated heterocycles. The molecule has 0 aromatic carbocycles. The summed E-state index contributed by atoms with van der Waals surface area (Å²) in [6, 6.07) is 6.38. The molecule has 2 aromatic heterocycles. The molecule has 0 bridgehead atoms. The van der Waals surface area contributed by atoms with Crippen LogP contribution in [-0.2, 0) is 18.3 Å². The van der Waals surface area contributed by atoms with Gasteiger partial charge in [-0.1, -0.05) is 0 Å². The molecule has 0 aliphatic carbocycles. The number of aryl methyl sites for hydroxylation is 1. The Labute approximate surface area is 146 Å². The predicted molar refractivity (Wildman–Crippen MR) is 94.2 cm³/mol. The highest BCUT2D eigenvalue weighted by atomic mass is 32.1. The summed E-state index contributed by atoms with van der Waals surface area (Å²) in [5.41, 5.74) is 2.04. The first kappa shape index (κ1) is 15.9. The van der Waals surface area contributed by atoms with E-state index in [4.69, 9.17) is 4.74 Å². The van der Waals surface area contributed by atoms with Crippen LogP contribution in [0.4, 0.5) is 0 Å². The van der Waals surface area contributed by atoms with Crippen molar-refractivity contribution in [2.75, 3.05) is 13.2 Å². The smallest absolute Gasteiger partial charge is 0.268 e. The zero-order valence-corrected chi connectivity index (χ0v) is 14.7. The van der Waals surface area contributed by atoms with Gasteiger partial charge in [-0.3, -0.25) is 9.69 Å². The Morgan fingerprint density at radius 2 is 2.38 bits per heavy atom. The molecule has 2 aromatic rings. The molecule has 2 aliphatic heterocycles. The number of likely N-dealkylation sites (tertiary alicyclic amines) is 1. The summed E-state index contributed by atoms with van der Waals surface area (Å²) >= 11 is 1.73. The van der Waals surface area contributed by atoms with Crippen LogP contribution in [0.1, 0.15) is 28.9 Å². The van der Waals surface area contributed by atoms with Crippen molar-refractivity contribution in [1.82, 2.24) is 14.8 Å². The van der Waals surface area contributed by atoms with E-state index in [1.165, 1.54) is 5.56 Å². The number of carbonyl (C=O) groups excluding carboxylic acids is 1. The maximum atomic E-state index is 12.6. The van der Waals surface area contributed by atoms with Crippen LogP contribution in [0.5, 0.6) is 0 Å². The third-order valence-electron chi connectivity index (χ3n) is 5.09. The SMILES string of the molecule is Cn1cccc1C(=O)N[C@@H]1CN(Cc2ccsc2)[C@@H]2CCCO[C@@H]21. The molecule has 0 saturated carbocycles. The van der Waals surface area contributed by atoms with E-state index in [0.717, 1.165) is 32.5 Å². The molecule has 24 heavy (non-hydrogen) atoms. The lowest BCUT2D eigenvalue weighted by Gasteiger charge is -2.32. The monoisotopic (exact) mass is 345 g/mol. The Kier molecular flexibility index (Phi) is 4.43. The number of carbonyl (C=O) groups is 1. The van der Waals surface area contributed by atoms with Crippen LogP contribution in [0.2, 0.25) is 0 Å². The Balaban J connectivity index is 1.48. The first-order valence-electron chi connectivity index (χ1n) is 8.51. The second kappa shape index (κ2) is 6.70. The van der Waals surface area contributed by atoms with E-state index in [1.807, 2.05) is 29.9 Å². The standard InChI is InChI=1S/C18H23N3O2S/c1-20-7-2-4-16(20)18(22)19-14-11-21(10-13-6-9-24-12-13)15-5-3-8-23-17(14)15/h2,4,6-7,9,12,14-15,17H,3,5,8,10-11H2,1H3,(H,19,22)/t14-,15-,17-/m1/s1. The Morgan fingerprint density at radius 1 is 1.46 bits per heavy atom. The normalized spacial score (nSPS) is 27.1. The highest BCUT2D eigenvalue weighted by Gasteiger charge is 2.44. The summed E-state index contributed by atoms with van der Waals surface area (Å²) in [5.74, 6) is -0.0159. The maximum absolute atomic E-state index is 12.6. The molecule has 4 heterocycles. The zero-order chi connectivity index (χ0) is 16.5. The molecule has 0 spiro atoms. The van der Waals surface area contributed by atoms with Crippen LogP contribution in [0.25, 0.3) is 0 Å². The number of fused-ring (bicyclic) bond motifs is 1. The minimum atomic E-state index is -0.0159. The Morgan fingerprint density at radius 3 is 3.12 bits per heavy atom. The van der Waals surface area contributed by atoms with Gasteiger partial charge >= 0.3 is 0 Å². The van der Waals surface area contributed by atoms with Crippen LogP contribution in [0.3, 0.4) is 0 Å². The zero-order valence-electron chi connectivity index (χ0n) is 13.9. The van der Waals surface area contributed by atoms with Gasteiger partial charge in [-0.2, -0.15) is 11.3 Å². The van der Waals surface area contributed by atoms with Crippen LogP contribution in [-0.4, -0.2) is 46.7 Å². The van der Waals surface area contributed by atoms with Crippen molar-refractivity contribution in [2.45, 2.75) is 37.6 Å². The lowest BCUT2D eigenvalue weighted by Crippen LogP contribution is -2.47. The molecule has 3 atom stereocenters. The third kappa shape index (κ3) is 3.01. The van der Waals surface area contributed by atoms with Crippen molar-refractivity contribution in [3.8, 4) is 0 Å². The first-order valence-corrected chi connectivity index (χ1v) is 9.45. The number of rotatable bonds is 4. The van der Waals surface area contributed by atoms with E-state index in [2.05, 4.69) is 27.0 Å². The van der Waals surface area contributed by atoms with Gasteiger partial charge in [0, 0.05) is 39.0 Å². The van der Waals surface area contributed by atoms with Gasteiger partial charge in [-0.05, 0) is 47.4 Å². The van der Waals surface area contributed by atoms with Crippen molar-refractivity contribution < 1.29 is 9.53 Å². The lowest BCUT2D eigenvalue weighted by molar-refractivity contribution is -0.0211. The molecule has 2 fully saturated rings. The van der Waals surface area contributed by atoms with Gasteiger partial charge < -0.3 is 14.6 Å². The highest BCUT2D eigenvalue weighted by molar-refractivity contribution is 7.07. The molecule has 6 heteroatoms. The van der Waals surface area contributed by atoms with E-state index in [0.29, 0.717) is 11.7 Å². The molecule has 128 valence electrons. The second-order valence-electron chi connectivity index (χ2n) is 6.69. The van der Waals surface area contributed by atoms with Crippen LogP contribution >= 0.6 is 11.3 Å². The Bertz CT molecular complexity index is 697. The van der Waals surface area contributed by atoms with Gasteiger partial charge in [0.25, 0.3) is 5.91 Å². The second-order valence-corrected chi connectivity index (χ2v) is 7.47. The van der Waals surface area contributed by atoms with E-state index < -0.39 is 0 Å². The summed E-state index contributed by atoms with van der Waals surface area (Å²) in [4.78, 5) is 15.1. The number of aromatic nitrogens is 1. The number of hydrogen-bond donors (Lipinski definition) is 1. The summed E-state index contributed by atoms with van der Waals surface area (Å²) in [7, 11) is 1.90. The number of thiophene rings is 1. The van der Waals surface area contributed by atoms with Gasteiger partial charge in [0.05, 0.1) is 12.1 Å². The average molecular weight is 345 g/mol. The van der Waals surface area contributed by atoms with Gasteiger partial charge in [0.1, 0.15) is 5.69 Å². The van der Waals surface area contributed by atoms with Gasteiger partial charge in [0.2, 0.25) is 0 Å². The Hall–Kier alpha value is -1.63. The fourth-order valence-electron chi connectivity index (χ4n) is 3.92. The average Bonchev–Trinajstić information content (AvgIpc) is 3.30. The van der Waals surface area contributed by atoms with Crippen LogP contribution in [0.15, 0.2) is 35.2 Å². The van der Waals surface area contributed by atoms with Gasteiger partial charge in [-0.25, -0.2) is 0 Å². The maximum Gasteiger partial charge on any atom is 0.268 e. The molecular weight excluding hydrogens is 322 g/mol. The number of nitrogens with one attached hydrogen (secondary N) is 1. The van der Waals surface area contributed by atoms with Gasteiger partial charge in [-0.15, -0.1) is 0 Å². The lowest BCUT2D eigenvalue weighted by atomic mass is 10.0. The van der Waals surface area contributed by atoms with E-state index in [-0.39, 0.29) is 18.1 Å². The molecule has 5 nitrogen and oxygen atoms in total. The summed E-state index contributed by atoms with van der Waals surface area (Å²) in [6.45, 7) is 2.58. The molecule has 1 N–H and O–H groups in total. The molecule has 0 unspecified atom stereocenters. The molecular formula is C18H23N3O2S. The van der Waals surface area contributed by atoms with Crippen molar-refractivity contribution in [3.63, 3.8) is 0 Å². The largest absolute Gasteiger partial charge is 0.374 e. The molecule has 4 rings (SSSR count). The number of ether oxygens (including phenoxy) is 1. The quantitative estimate of drug-likeness (QED) is 0.924. The summed E-state index contributed by atoms with van der Waals surface area (Å²) < 4.78 is 7.91. The summed E-state index contributed by atoms with van der Waals surface area (Å²) in [6.07, 6.45) is 4.24. The topological polar surface area (TPSA) is 46.5 Å². The third-order valence-corrected chi connectivity index (χ3v) is 5.82. The highest BCUT2D eigenvalue weighted by Crippen LogP contribution is 2.30. The number of amides is 1. The van der Waals surface area contributed by atoms with Crippen molar-refractivity contribution in [1.29, 1.82) is 0 Å². The molecule has 2 aliphatic rings. The molecule has 0 radical (unpaired) electrons. The molecule has 1 amide bonds. The fourth-order valence-corrected chi connectivity index (χ4v) is 4.58. The number of hydrogen-bond acceptors (Lipinski definition) is 4. The van der Waals surface area contributed by atoms with Crippen molar-refractivity contribution in [2.24, 2.45) is 7.05 Å². The predicted octanol–water partition coefficient (Wildman–Crippen LogP) is 2.25.